The number of ether oxygens (including phenoxy) is 5. The molecule has 5 aromatic rings. The van der Waals surface area contributed by atoms with E-state index in [4.69, 9.17) is 28.9 Å². The number of alkyl carbamates (subject to hydrolysis) is 2. The van der Waals surface area contributed by atoms with Crippen LogP contribution >= 0.6 is 0 Å². The molecule has 2 aromatic heterocycles. The molecule has 3 aliphatic heterocycles. The number of alkyl halides is 2. The van der Waals surface area contributed by atoms with Crippen LogP contribution in [0.2, 0.25) is 0 Å². The van der Waals surface area contributed by atoms with Crippen LogP contribution in [0.1, 0.15) is 69.8 Å². The topological polar surface area (TPSA) is 202 Å². The van der Waals surface area contributed by atoms with E-state index in [9.17, 15) is 28.0 Å². The number of nitrogens with zero attached hydrogens (tertiary/aromatic N) is 4. The minimum atomic E-state index is -2.95. The molecular weight excluding hydrogens is 859 g/mol. The fourth-order valence-electron chi connectivity index (χ4n) is 9.58. The van der Waals surface area contributed by atoms with E-state index in [-0.39, 0.29) is 48.8 Å². The van der Waals surface area contributed by atoms with E-state index < -0.39 is 42.8 Å². The second-order valence-electron chi connectivity index (χ2n) is 18.0. The Hall–Kier alpha value is -6.34. The molecule has 1 unspecified atom stereocenters. The third-order valence-electron chi connectivity index (χ3n) is 12.9. The van der Waals surface area contributed by atoms with Crippen molar-refractivity contribution in [1.82, 2.24) is 40.4 Å². The fraction of sp³-hybridized carbons (Fsp3) is 0.489. The number of carbonyl (C=O) groups excluding carboxylic acids is 4. The van der Waals surface area contributed by atoms with E-state index in [1.165, 1.54) is 14.2 Å². The van der Waals surface area contributed by atoms with Crippen molar-refractivity contribution >= 4 is 45.8 Å². The first-order chi connectivity index (χ1) is 31.7. The second kappa shape index (κ2) is 19.2. The third-order valence-corrected chi connectivity index (χ3v) is 12.9. The van der Waals surface area contributed by atoms with Crippen molar-refractivity contribution in [2.24, 2.45) is 23.7 Å². The van der Waals surface area contributed by atoms with Gasteiger partial charge in [0.15, 0.2) is 0 Å². The van der Waals surface area contributed by atoms with Gasteiger partial charge in [-0.2, -0.15) is 8.78 Å². The van der Waals surface area contributed by atoms with E-state index in [1.54, 1.807) is 37.0 Å². The maximum Gasteiger partial charge on any atom is 0.407 e. The van der Waals surface area contributed by atoms with Crippen molar-refractivity contribution in [3.8, 4) is 28.1 Å². The molecule has 4 amide bonds. The molecule has 0 bridgehead atoms. The van der Waals surface area contributed by atoms with Crippen LogP contribution in [-0.2, 0) is 35.1 Å². The van der Waals surface area contributed by atoms with E-state index in [1.807, 2.05) is 38.1 Å². The van der Waals surface area contributed by atoms with Gasteiger partial charge in [0.2, 0.25) is 11.8 Å². The number of likely N-dealkylation sites (tertiary alicyclic amines) is 2. The number of nitrogens with one attached hydrogen (secondary N) is 4. The van der Waals surface area contributed by atoms with Gasteiger partial charge in [0, 0.05) is 43.0 Å². The zero-order valence-corrected chi connectivity index (χ0v) is 38.0. The van der Waals surface area contributed by atoms with Crippen LogP contribution < -0.4 is 15.4 Å². The normalized spacial score (nSPS) is 20.1. The summed E-state index contributed by atoms with van der Waals surface area (Å²) in [5.74, 6) is 0.427. The molecule has 0 aliphatic carbocycles. The van der Waals surface area contributed by atoms with Crippen LogP contribution in [0, 0.1) is 23.7 Å². The van der Waals surface area contributed by atoms with Gasteiger partial charge in [-0.3, -0.25) is 9.59 Å². The molecule has 6 atom stereocenters. The number of methoxy groups -OCH3 is 3. The summed E-state index contributed by atoms with van der Waals surface area (Å²) < 4.78 is 52.4. The van der Waals surface area contributed by atoms with Crippen LogP contribution in [0.3, 0.4) is 0 Å². The zero-order chi connectivity index (χ0) is 47.0. The van der Waals surface area contributed by atoms with Gasteiger partial charge < -0.3 is 54.1 Å². The number of rotatable bonds is 14. The fourth-order valence-corrected chi connectivity index (χ4v) is 9.58. The Morgan fingerprint density at radius 2 is 1.44 bits per heavy atom. The molecule has 0 spiro atoms. The van der Waals surface area contributed by atoms with Crippen LogP contribution in [0.5, 0.6) is 5.75 Å². The van der Waals surface area contributed by atoms with E-state index in [2.05, 4.69) is 43.5 Å². The molecule has 0 radical (unpaired) electrons. The first-order valence-corrected chi connectivity index (χ1v) is 22.1. The molecule has 3 aromatic carbocycles. The van der Waals surface area contributed by atoms with Crippen LogP contribution in [0.25, 0.3) is 44.2 Å². The number of carbonyl (C=O) groups is 4. The van der Waals surface area contributed by atoms with Gasteiger partial charge in [-0.25, -0.2) is 19.6 Å². The highest BCUT2D eigenvalue weighted by Gasteiger charge is 2.43. The van der Waals surface area contributed by atoms with Crippen molar-refractivity contribution in [1.29, 1.82) is 0 Å². The number of halogens is 2. The number of amides is 4. The second-order valence-corrected chi connectivity index (χ2v) is 18.0. The summed E-state index contributed by atoms with van der Waals surface area (Å²) >= 11 is 0. The molecule has 2 saturated heterocycles. The van der Waals surface area contributed by atoms with E-state index in [0.29, 0.717) is 55.5 Å². The molecule has 66 heavy (non-hydrogen) atoms. The van der Waals surface area contributed by atoms with Crippen molar-refractivity contribution in [3.05, 3.63) is 65.9 Å². The molecule has 0 saturated carbocycles. The van der Waals surface area contributed by atoms with Gasteiger partial charge in [0.05, 0.1) is 62.4 Å². The van der Waals surface area contributed by atoms with Crippen LogP contribution in [0.4, 0.5) is 18.4 Å². The molecule has 19 heteroatoms. The van der Waals surface area contributed by atoms with Crippen molar-refractivity contribution in [2.75, 3.05) is 47.6 Å². The van der Waals surface area contributed by atoms with Gasteiger partial charge in [-0.05, 0) is 71.0 Å². The molecule has 17 nitrogen and oxygen atoms in total. The number of fused-ring (bicyclic) bond motifs is 6. The minimum absolute atomic E-state index is 0.0799. The molecule has 2 fully saturated rings. The average molecular weight is 915 g/mol. The summed E-state index contributed by atoms with van der Waals surface area (Å²) in [5, 5.41) is 7.11. The maximum atomic E-state index is 14.1. The maximum absolute atomic E-state index is 14.1. The summed E-state index contributed by atoms with van der Waals surface area (Å²) in [6, 6.07) is 11.4. The Labute approximate surface area is 380 Å². The summed E-state index contributed by atoms with van der Waals surface area (Å²) in [7, 11) is 4.13. The van der Waals surface area contributed by atoms with E-state index in [0.717, 1.165) is 44.2 Å². The lowest BCUT2D eigenvalue weighted by atomic mass is 9.92. The monoisotopic (exact) mass is 914 g/mol. The van der Waals surface area contributed by atoms with Gasteiger partial charge in [-0.1, -0.05) is 45.9 Å². The predicted octanol–water partition coefficient (Wildman–Crippen LogP) is 7.09. The molecule has 8 rings (SSSR count). The number of hydrogen-bond donors (Lipinski definition) is 4. The first-order valence-electron chi connectivity index (χ1n) is 22.1. The average Bonchev–Trinajstić information content (AvgIpc) is 4.13. The first kappa shape index (κ1) is 46.2. The SMILES string of the molecule is COC[C@H]1C[C@@H](c2ncc(-c3ccc4c(c3)COc3cc5c(ccc6nc([C@@H]7C[C@H](COC(F)F)CN7C(=O)[C@@H](NC(=O)OC)C(C)C)[nH]c65)cc3-4)[nH]2)N(C(=O)C(NC(=O)OC)C(C)C)C1. The van der Waals surface area contributed by atoms with Crippen molar-refractivity contribution < 1.29 is 51.6 Å². The van der Waals surface area contributed by atoms with Gasteiger partial charge >= 0.3 is 18.8 Å². The Morgan fingerprint density at radius 3 is 2.05 bits per heavy atom. The number of imidazole rings is 2. The quantitative estimate of drug-likeness (QED) is 0.0886. The molecule has 352 valence electrons. The van der Waals surface area contributed by atoms with Crippen LogP contribution in [0.15, 0.2) is 48.7 Å². The predicted molar refractivity (Wildman–Crippen MR) is 238 cm³/mol. The Kier molecular flexibility index (Phi) is 13.5. The minimum Gasteiger partial charge on any atom is -0.488 e. The van der Waals surface area contributed by atoms with Crippen LogP contribution in [-0.4, -0.2) is 120 Å². The lowest BCUT2D eigenvalue weighted by Crippen LogP contribution is -2.51. The number of aromatic amines is 2. The summed E-state index contributed by atoms with van der Waals surface area (Å²) in [6.07, 6.45) is 1.30. The largest absolute Gasteiger partial charge is 0.488 e. The highest BCUT2D eigenvalue weighted by Crippen LogP contribution is 2.44. The number of benzene rings is 3. The van der Waals surface area contributed by atoms with Gasteiger partial charge in [0.25, 0.3) is 0 Å². The van der Waals surface area contributed by atoms with E-state index >= 15 is 0 Å². The van der Waals surface area contributed by atoms with Crippen molar-refractivity contribution in [3.63, 3.8) is 0 Å². The Bertz CT molecular complexity index is 2620. The highest BCUT2D eigenvalue weighted by atomic mass is 19.3. The molecule has 5 heterocycles. The zero-order valence-electron chi connectivity index (χ0n) is 38.0. The third kappa shape index (κ3) is 9.22. The summed E-state index contributed by atoms with van der Waals surface area (Å²) in [6.45, 7) is 5.53. The molecule has 4 N–H and O–H groups in total. The smallest absolute Gasteiger partial charge is 0.407 e. The Balaban J connectivity index is 1.06. The Morgan fingerprint density at radius 1 is 0.803 bits per heavy atom. The lowest BCUT2D eigenvalue weighted by Gasteiger charge is -2.30. The molecular formula is C47H56F2N8O9. The summed E-state index contributed by atoms with van der Waals surface area (Å²) in [4.78, 5) is 72.4. The van der Waals surface area contributed by atoms with Gasteiger partial charge in [0.1, 0.15) is 36.1 Å². The highest BCUT2D eigenvalue weighted by molar-refractivity contribution is 6.07. The number of aromatic nitrogens is 4. The number of hydrogen-bond acceptors (Lipinski definition) is 11. The number of H-pyrrole nitrogens is 2. The standard InChI is InChI=1S/C47H56F2N8O9/c1-23(2)38(54-46(60)63-6)43(58)56-18-25(20-62-5)12-35(56)41-50-17-34(52-41)28-8-10-30-29(14-28)22-65-37-16-31-27(15-32(30)37)9-11-33-40(31)53-42(51-33)36-13-26(21-66-45(48)49)19-57(36)44(59)39(24(3)4)55-47(61)64-7/h8-11,14-17,23-26,35-36,38-39,45H,12-13,18-22H2,1-7H3,(H,50,52)(H,51,53)(H,54,60)(H,55,61)/t25-,26-,35-,36-,38?,39-/m0/s1. The molecule has 3 aliphatic rings. The lowest BCUT2D eigenvalue weighted by molar-refractivity contribution is -0.139. The van der Waals surface area contributed by atoms with Crippen molar-refractivity contribution in [2.45, 2.75) is 77.9 Å². The van der Waals surface area contributed by atoms with Gasteiger partial charge in [-0.15, -0.1) is 0 Å². The summed E-state index contributed by atoms with van der Waals surface area (Å²) in [5.41, 5.74) is 5.96.